The third-order valence-electron chi connectivity index (χ3n) is 7.64. The minimum atomic E-state index is -0.374. The molecule has 1 fully saturated rings. The molecule has 0 spiro atoms. The van der Waals surface area contributed by atoms with Gasteiger partial charge in [0.2, 0.25) is 0 Å². The van der Waals surface area contributed by atoms with Gasteiger partial charge in [-0.15, -0.1) is 5.10 Å². The maximum atomic E-state index is 10.1. The second-order valence-corrected chi connectivity index (χ2v) is 12.2. The molecule has 1 aliphatic carbocycles. The fraction of sp³-hybridized carbons (Fsp3) is 0.312. The predicted octanol–water partition coefficient (Wildman–Crippen LogP) is 6.29. The van der Waals surface area contributed by atoms with Crippen molar-refractivity contribution in [1.29, 1.82) is 10.5 Å². The van der Waals surface area contributed by atoms with E-state index in [9.17, 15) is 10.5 Å². The molecule has 204 valence electrons. The zero-order valence-electron chi connectivity index (χ0n) is 23.6. The quantitative estimate of drug-likeness (QED) is 0.246. The SMILES string of the molecule is CC(C)(C)CNc1c(C#N)cnc2c(C#N)cc(N[C@H](c3cn(C4(C)CC4)nn3)c3cccc4ncccc34)cc12. The summed E-state index contributed by atoms with van der Waals surface area (Å²) < 4.78 is 1.96. The Bertz CT molecular complexity index is 1860. The van der Waals surface area contributed by atoms with E-state index >= 15 is 0 Å². The van der Waals surface area contributed by atoms with Crippen LogP contribution in [-0.2, 0) is 5.54 Å². The molecule has 3 aromatic heterocycles. The van der Waals surface area contributed by atoms with E-state index in [0.717, 1.165) is 35.0 Å². The smallest absolute Gasteiger partial charge is 0.110 e. The first kappa shape index (κ1) is 26.2. The van der Waals surface area contributed by atoms with Crippen LogP contribution in [0.2, 0.25) is 0 Å². The maximum absolute atomic E-state index is 10.1. The van der Waals surface area contributed by atoms with Crippen LogP contribution in [-0.4, -0.2) is 31.5 Å². The Balaban J connectivity index is 1.51. The van der Waals surface area contributed by atoms with Crippen LogP contribution < -0.4 is 10.6 Å². The number of nitrogens with one attached hydrogen (secondary N) is 2. The van der Waals surface area contributed by atoms with Crippen molar-refractivity contribution in [3.63, 3.8) is 0 Å². The molecule has 1 saturated carbocycles. The molecule has 9 heteroatoms. The molecule has 9 nitrogen and oxygen atoms in total. The predicted molar refractivity (Wildman–Crippen MR) is 159 cm³/mol. The van der Waals surface area contributed by atoms with Crippen molar-refractivity contribution in [2.45, 2.75) is 52.1 Å². The van der Waals surface area contributed by atoms with Crippen LogP contribution in [0.1, 0.15) is 69.0 Å². The second-order valence-electron chi connectivity index (χ2n) is 12.2. The summed E-state index contributed by atoms with van der Waals surface area (Å²) in [5, 5.41) is 37.9. The van der Waals surface area contributed by atoms with Crippen molar-refractivity contribution in [3.05, 3.63) is 83.4 Å². The van der Waals surface area contributed by atoms with E-state index in [1.165, 1.54) is 6.20 Å². The lowest BCUT2D eigenvalue weighted by Crippen LogP contribution is -2.20. The van der Waals surface area contributed by atoms with Crippen LogP contribution >= 0.6 is 0 Å². The second kappa shape index (κ2) is 9.87. The van der Waals surface area contributed by atoms with Gasteiger partial charge < -0.3 is 10.6 Å². The number of aromatic nitrogens is 5. The van der Waals surface area contributed by atoms with E-state index in [4.69, 9.17) is 0 Å². The van der Waals surface area contributed by atoms with E-state index in [1.807, 2.05) is 35.1 Å². The summed E-state index contributed by atoms with van der Waals surface area (Å²) in [7, 11) is 0. The third kappa shape index (κ3) is 5.03. The van der Waals surface area contributed by atoms with Gasteiger partial charge in [-0.1, -0.05) is 44.2 Å². The number of rotatable bonds is 7. The van der Waals surface area contributed by atoms with Crippen molar-refractivity contribution in [2.24, 2.45) is 5.41 Å². The average molecular weight is 542 g/mol. The fourth-order valence-corrected chi connectivity index (χ4v) is 5.04. The summed E-state index contributed by atoms with van der Waals surface area (Å²) in [6.45, 7) is 9.21. The zero-order chi connectivity index (χ0) is 28.8. The van der Waals surface area contributed by atoms with E-state index in [-0.39, 0.29) is 17.0 Å². The highest BCUT2D eigenvalue weighted by atomic mass is 15.5. The Kier molecular flexibility index (Phi) is 6.31. The van der Waals surface area contributed by atoms with Crippen LogP contribution in [0.15, 0.2) is 61.1 Å². The highest BCUT2D eigenvalue weighted by Crippen LogP contribution is 2.43. The summed E-state index contributed by atoms with van der Waals surface area (Å²) in [4.78, 5) is 9.06. The van der Waals surface area contributed by atoms with Gasteiger partial charge in [0.05, 0.1) is 45.6 Å². The average Bonchev–Trinajstić information content (AvgIpc) is 3.52. The number of nitrogens with zero attached hydrogens (tertiary/aromatic N) is 7. The van der Waals surface area contributed by atoms with E-state index in [2.05, 4.69) is 82.9 Å². The molecule has 41 heavy (non-hydrogen) atoms. The molecule has 0 saturated heterocycles. The number of nitriles is 2. The molecule has 6 rings (SSSR count). The van der Waals surface area contributed by atoms with Crippen molar-refractivity contribution >= 4 is 33.2 Å². The van der Waals surface area contributed by atoms with Crippen LogP contribution in [0, 0.1) is 28.1 Å². The highest BCUT2D eigenvalue weighted by Gasteiger charge is 2.41. The Labute approximate surface area is 238 Å². The lowest BCUT2D eigenvalue weighted by Gasteiger charge is -2.23. The van der Waals surface area contributed by atoms with Crippen molar-refractivity contribution in [1.82, 2.24) is 25.0 Å². The number of anilines is 2. The van der Waals surface area contributed by atoms with Gasteiger partial charge in [-0.2, -0.15) is 10.5 Å². The monoisotopic (exact) mass is 541 g/mol. The number of hydrogen-bond acceptors (Lipinski definition) is 8. The van der Waals surface area contributed by atoms with E-state index < -0.39 is 0 Å². The Morgan fingerprint density at radius 3 is 2.56 bits per heavy atom. The first-order valence-corrected chi connectivity index (χ1v) is 13.7. The fourth-order valence-electron chi connectivity index (χ4n) is 5.04. The Morgan fingerprint density at radius 2 is 1.83 bits per heavy atom. The molecular formula is C32H31N9. The topological polar surface area (TPSA) is 128 Å². The largest absolute Gasteiger partial charge is 0.383 e. The first-order chi connectivity index (χ1) is 19.7. The summed E-state index contributed by atoms with van der Waals surface area (Å²) in [5.41, 5.74) is 5.40. The summed E-state index contributed by atoms with van der Waals surface area (Å²) in [6.07, 6.45) is 7.47. The van der Waals surface area contributed by atoms with Gasteiger partial charge in [-0.3, -0.25) is 9.97 Å². The molecule has 0 radical (unpaired) electrons. The summed E-state index contributed by atoms with van der Waals surface area (Å²) >= 11 is 0. The van der Waals surface area contributed by atoms with E-state index in [0.29, 0.717) is 39.9 Å². The molecule has 0 unspecified atom stereocenters. The normalized spacial score (nSPS) is 14.8. The van der Waals surface area contributed by atoms with Gasteiger partial charge in [-0.25, -0.2) is 4.68 Å². The van der Waals surface area contributed by atoms with Gasteiger partial charge >= 0.3 is 0 Å². The maximum Gasteiger partial charge on any atom is 0.110 e. The molecule has 0 aliphatic heterocycles. The molecule has 3 heterocycles. The Morgan fingerprint density at radius 1 is 1.02 bits per heavy atom. The Hall–Kier alpha value is -5.02. The first-order valence-electron chi connectivity index (χ1n) is 13.7. The van der Waals surface area contributed by atoms with Gasteiger partial charge in [0.25, 0.3) is 0 Å². The summed E-state index contributed by atoms with van der Waals surface area (Å²) in [5.74, 6) is 0. The number of benzene rings is 2. The van der Waals surface area contributed by atoms with Gasteiger partial charge in [0.1, 0.15) is 17.8 Å². The highest BCUT2D eigenvalue weighted by molar-refractivity contribution is 5.99. The van der Waals surface area contributed by atoms with E-state index in [1.54, 1.807) is 12.3 Å². The molecule has 0 bridgehead atoms. The van der Waals surface area contributed by atoms with Crippen molar-refractivity contribution in [3.8, 4) is 12.1 Å². The molecule has 1 atom stereocenters. The minimum absolute atomic E-state index is 0.0000285. The number of hydrogen-bond donors (Lipinski definition) is 2. The number of pyridine rings is 2. The zero-order valence-corrected chi connectivity index (χ0v) is 23.6. The van der Waals surface area contributed by atoms with Crippen LogP contribution in [0.3, 0.4) is 0 Å². The standard InChI is InChI=1S/C32H31N9/c1-31(2,3)19-37-29-21(16-34)17-36-28-20(15-33)13-22(14-25(28)29)38-30(27-18-41(40-39-27)32(4)10-11-32)24-7-5-9-26-23(24)8-6-12-35-26/h5-9,12-14,17-18,30,38H,10-11,19H2,1-4H3,(H,36,37)/t30-/m0/s1. The van der Waals surface area contributed by atoms with Gasteiger partial charge in [0, 0.05) is 35.4 Å². The van der Waals surface area contributed by atoms with Gasteiger partial charge in [0.15, 0.2) is 0 Å². The molecule has 0 amide bonds. The molecule has 5 aromatic rings. The van der Waals surface area contributed by atoms with Crippen molar-refractivity contribution < 1.29 is 0 Å². The van der Waals surface area contributed by atoms with Crippen LogP contribution in [0.4, 0.5) is 11.4 Å². The molecular weight excluding hydrogens is 510 g/mol. The lowest BCUT2D eigenvalue weighted by molar-refractivity contribution is 0.443. The van der Waals surface area contributed by atoms with Crippen LogP contribution in [0.25, 0.3) is 21.8 Å². The minimum Gasteiger partial charge on any atom is -0.383 e. The molecule has 1 aliphatic rings. The van der Waals surface area contributed by atoms with Gasteiger partial charge in [-0.05, 0) is 55.0 Å². The van der Waals surface area contributed by atoms with Crippen molar-refractivity contribution in [2.75, 3.05) is 17.2 Å². The van der Waals surface area contributed by atoms with Crippen LogP contribution in [0.5, 0.6) is 0 Å². The third-order valence-corrected chi connectivity index (χ3v) is 7.64. The molecule has 2 aromatic carbocycles. The molecule has 2 N–H and O–H groups in total. The summed E-state index contributed by atoms with van der Waals surface area (Å²) in [6, 6.07) is 18.0. The lowest BCUT2D eigenvalue weighted by atomic mass is 9.96. The number of fused-ring (bicyclic) bond motifs is 2.